The Labute approximate surface area is 116 Å². The summed E-state index contributed by atoms with van der Waals surface area (Å²) >= 11 is 0. The fraction of sp³-hybridized carbons (Fsp3) is 0.647. The molecule has 1 fully saturated rings. The van der Waals surface area contributed by atoms with Crippen LogP contribution >= 0.6 is 0 Å². The van der Waals surface area contributed by atoms with E-state index >= 15 is 0 Å². The lowest BCUT2D eigenvalue weighted by Gasteiger charge is -2.38. The molecule has 0 aliphatic heterocycles. The SMILES string of the molecule is CCC1CCC(C(C)(O)c2ccc(OC)cc2)CC1. The number of rotatable bonds is 4. The van der Waals surface area contributed by atoms with Gasteiger partial charge in [-0.3, -0.25) is 0 Å². The van der Waals surface area contributed by atoms with Gasteiger partial charge in [-0.2, -0.15) is 0 Å². The molecule has 0 heterocycles. The van der Waals surface area contributed by atoms with Crippen molar-refractivity contribution in [2.75, 3.05) is 7.11 Å². The van der Waals surface area contributed by atoms with E-state index in [2.05, 4.69) is 6.92 Å². The Bertz CT molecular complexity index is 386. The molecule has 1 aromatic rings. The summed E-state index contributed by atoms with van der Waals surface area (Å²) in [5.41, 5.74) is 0.290. The second-order valence-corrected chi connectivity index (χ2v) is 6.00. The number of hydrogen-bond acceptors (Lipinski definition) is 2. The first-order chi connectivity index (χ1) is 9.07. The average molecular weight is 262 g/mol. The van der Waals surface area contributed by atoms with Crippen LogP contribution in [0.15, 0.2) is 24.3 Å². The minimum Gasteiger partial charge on any atom is -0.497 e. The zero-order valence-electron chi connectivity index (χ0n) is 12.4. The van der Waals surface area contributed by atoms with E-state index < -0.39 is 5.60 Å². The standard InChI is InChI=1S/C17H26O2/c1-4-13-5-7-14(8-6-13)17(2,18)15-9-11-16(19-3)12-10-15/h9-14,18H,4-8H2,1-3H3. The summed E-state index contributed by atoms with van der Waals surface area (Å²) in [4.78, 5) is 0. The molecule has 1 aromatic carbocycles. The van der Waals surface area contributed by atoms with Crippen LogP contribution in [0.1, 0.15) is 51.5 Å². The monoisotopic (exact) mass is 262 g/mol. The van der Waals surface area contributed by atoms with Gasteiger partial charge in [-0.05, 0) is 49.3 Å². The largest absolute Gasteiger partial charge is 0.497 e. The first-order valence-corrected chi connectivity index (χ1v) is 7.44. The molecule has 2 nitrogen and oxygen atoms in total. The van der Waals surface area contributed by atoms with Gasteiger partial charge >= 0.3 is 0 Å². The van der Waals surface area contributed by atoms with Crippen molar-refractivity contribution >= 4 is 0 Å². The van der Waals surface area contributed by atoms with Crippen molar-refractivity contribution < 1.29 is 9.84 Å². The number of benzene rings is 1. The zero-order valence-corrected chi connectivity index (χ0v) is 12.4. The Balaban J connectivity index is 2.08. The maximum Gasteiger partial charge on any atom is 0.118 e. The van der Waals surface area contributed by atoms with E-state index in [-0.39, 0.29) is 0 Å². The zero-order chi connectivity index (χ0) is 13.9. The lowest BCUT2D eigenvalue weighted by Crippen LogP contribution is -2.34. The van der Waals surface area contributed by atoms with Gasteiger partial charge in [0.15, 0.2) is 0 Å². The van der Waals surface area contributed by atoms with E-state index in [4.69, 9.17) is 4.74 Å². The molecule has 1 N–H and O–H groups in total. The lowest BCUT2D eigenvalue weighted by atomic mass is 9.71. The van der Waals surface area contributed by atoms with Crippen LogP contribution in [-0.2, 0) is 5.60 Å². The van der Waals surface area contributed by atoms with Gasteiger partial charge in [0.2, 0.25) is 0 Å². The van der Waals surface area contributed by atoms with Crippen LogP contribution in [-0.4, -0.2) is 12.2 Å². The molecule has 0 saturated heterocycles. The van der Waals surface area contributed by atoms with Crippen molar-refractivity contribution in [3.63, 3.8) is 0 Å². The number of aliphatic hydroxyl groups is 1. The van der Waals surface area contributed by atoms with E-state index in [0.29, 0.717) is 5.92 Å². The van der Waals surface area contributed by atoms with Gasteiger partial charge in [-0.25, -0.2) is 0 Å². The van der Waals surface area contributed by atoms with Gasteiger partial charge in [0, 0.05) is 0 Å². The third-order valence-corrected chi connectivity index (χ3v) is 4.89. The summed E-state index contributed by atoms with van der Waals surface area (Å²) in [7, 11) is 1.67. The molecule has 0 bridgehead atoms. The van der Waals surface area contributed by atoms with Crippen LogP contribution in [0.4, 0.5) is 0 Å². The second-order valence-electron chi connectivity index (χ2n) is 6.00. The highest BCUT2D eigenvalue weighted by atomic mass is 16.5. The Kier molecular flexibility index (Phi) is 4.51. The molecule has 1 aliphatic rings. The van der Waals surface area contributed by atoms with Crippen LogP contribution in [0.5, 0.6) is 5.75 Å². The Hall–Kier alpha value is -1.02. The summed E-state index contributed by atoms with van der Waals surface area (Å²) in [5.74, 6) is 2.08. The molecule has 2 rings (SSSR count). The second kappa shape index (κ2) is 5.96. The molecule has 1 saturated carbocycles. The highest BCUT2D eigenvalue weighted by Crippen LogP contribution is 2.41. The van der Waals surface area contributed by atoms with Crippen molar-refractivity contribution in [1.29, 1.82) is 0 Å². The van der Waals surface area contributed by atoms with E-state index in [1.54, 1.807) is 7.11 Å². The molecule has 0 spiro atoms. The van der Waals surface area contributed by atoms with E-state index in [1.165, 1.54) is 19.3 Å². The van der Waals surface area contributed by atoms with Crippen molar-refractivity contribution in [3.05, 3.63) is 29.8 Å². The summed E-state index contributed by atoms with van der Waals surface area (Å²) in [6, 6.07) is 7.85. The minimum absolute atomic E-state index is 0.378. The van der Waals surface area contributed by atoms with Crippen molar-refractivity contribution in [2.45, 2.75) is 51.6 Å². The van der Waals surface area contributed by atoms with Gasteiger partial charge in [-0.1, -0.05) is 38.3 Å². The lowest BCUT2D eigenvalue weighted by molar-refractivity contribution is -0.0276. The summed E-state index contributed by atoms with van der Waals surface area (Å²) < 4.78 is 5.17. The Morgan fingerprint density at radius 2 is 1.74 bits per heavy atom. The maximum absolute atomic E-state index is 10.9. The molecule has 106 valence electrons. The Morgan fingerprint density at radius 3 is 2.21 bits per heavy atom. The molecule has 1 atom stereocenters. The number of ether oxygens (including phenoxy) is 1. The van der Waals surface area contributed by atoms with E-state index in [9.17, 15) is 5.11 Å². The van der Waals surface area contributed by atoms with Crippen molar-refractivity contribution in [2.24, 2.45) is 11.8 Å². The summed E-state index contributed by atoms with van der Waals surface area (Å²) in [6.07, 6.45) is 6.06. The van der Waals surface area contributed by atoms with Gasteiger partial charge in [-0.15, -0.1) is 0 Å². The van der Waals surface area contributed by atoms with Crippen LogP contribution in [0.25, 0.3) is 0 Å². The smallest absolute Gasteiger partial charge is 0.118 e. The van der Waals surface area contributed by atoms with Gasteiger partial charge < -0.3 is 9.84 Å². The average Bonchev–Trinajstić information content (AvgIpc) is 2.47. The molecule has 2 heteroatoms. The number of methoxy groups -OCH3 is 1. The quantitative estimate of drug-likeness (QED) is 0.884. The first kappa shape index (κ1) is 14.4. The minimum atomic E-state index is -0.717. The van der Waals surface area contributed by atoms with Gasteiger partial charge in [0.1, 0.15) is 5.75 Å². The van der Waals surface area contributed by atoms with Crippen molar-refractivity contribution in [3.8, 4) is 5.75 Å². The molecule has 19 heavy (non-hydrogen) atoms. The van der Waals surface area contributed by atoms with Crippen LogP contribution < -0.4 is 4.74 Å². The van der Waals surface area contributed by atoms with Gasteiger partial charge in [0.25, 0.3) is 0 Å². The van der Waals surface area contributed by atoms with Crippen molar-refractivity contribution in [1.82, 2.24) is 0 Å². The van der Waals surface area contributed by atoms with Gasteiger partial charge in [0.05, 0.1) is 12.7 Å². The summed E-state index contributed by atoms with van der Waals surface area (Å²) in [5, 5.41) is 10.9. The van der Waals surface area contributed by atoms with E-state index in [0.717, 1.165) is 30.1 Å². The summed E-state index contributed by atoms with van der Waals surface area (Å²) in [6.45, 7) is 4.23. The molecular formula is C17H26O2. The normalized spacial score (nSPS) is 26.7. The molecule has 1 unspecified atom stereocenters. The molecule has 1 aliphatic carbocycles. The van der Waals surface area contributed by atoms with Crippen LogP contribution in [0, 0.1) is 11.8 Å². The third-order valence-electron chi connectivity index (χ3n) is 4.89. The molecule has 0 amide bonds. The molecule has 0 radical (unpaired) electrons. The highest BCUT2D eigenvalue weighted by molar-refractivity contribution is 5.31. The maximum atomic E-state index is 10.9. The van der Waals surface area contributed by atoms with Crippen LogP contribution in [0.3, 0.4) is 0 Å². The first-order valence-electron chi connectivity index (χ1n) is 7.44. The topological polar surface area (TPSA) is 29.5 Å². The predicted octanol–water partition coefficient (Wildman–Crippen LogP) is 4.12. The Morgan fingerprint density at radius 1 is 1.16 bits per heavy atom. The highest BCUT2D eigenvalue weighted by Gasteiger charge is 2.36. The van der Waals surface area contributed by atoms with Crippen LogP contribution in [0.2, 0.25) is 0 Å². The fourth-order valence-electron chi connectivity index (χ4n) is 3.30. The van der Waals surface area contributed by atoms with E-state index in [1.807, 2.05) is 31.2 Å². The molecule has 0 aromatic heterocycles. The third kappa shape index (κ3) is 3.11. The predicted molar refractivity (Wildman–Crippen MR) is 78.3 cm³/mol. The molecular weight excluding hydrogens is 236 g/mol. The fourth-order valence-corrected chi connectivity index (χ4v) is 3.30. The number of hydrogen-bond donors (Lipinski definition) is 1.